The van der Waals surface area contributed by atoms with Crippen molar-refractivity contribution in [2.45, 2.75) is 6.92 Å². The molecule has 0 aliphatic carbocycles. The molecule has 0 atom stereocenters. The van der Waals surface area contributed by atoms with Gasteiger partial charge in [0.1, 0.15) is 0 Å². The highest BCUT2D eigenvalue weighted by Crippen LogP contribution is 2.45. The van der Waals surface area contributed by atoms with Crippen molar-refractivity contribution in [3.05, 3.63) is 48.0 Å². The first-order valence-electron chi connectivity index (χ1n) is 5.37. The average Bonchev–Trinajstić information content (AvgIpc) is 2.29. The van der Waals surface area contributed by atoms with Crippen LogP contribution in [0.5, 0.6) is 11.5 Å². The van der Waals surface area contributed by atoms with Crippen LogP contribution in [0.3, 0.4) is 0 Å². The third-order valence-electron chi connectivity index (χ3n) is 2.92. The first-order valence-corrected chi connectivity index (χ1v) is 5.37. The van der Waals surface area contributed by atoms with E-state index in [0.29, 0.717) is 0 Å². The summed E-state index contributed by atoms with van der Waals surface area (Å²) < 4.78 is 5.89. The molecule has 0 amide bonds. The molecule has 0 saturated heterocycles. The molecule has 2 heteroatoms. The Balaban J connectivity index is 2.18. The summed E-state index contributed by atoms with van der Waals surface area (Å²) in [6.07, 6.45) is 0. The fraction of sp³-hybridized carbons (Fsp3) is 0.143. The SMILES string of the molecule is Cc1ccc2c(c1)Oc1ccccc1N2C. The monoisotopic (exact) mass is 211 g/mol. The lowest BCUT2D eigenvalue weighted by Crippen LogP contribution is -2.15. The van der Waals surface area contributed by atoms with Crippen LogP contribution in [0.15, 0.2) is 42.5 Å². The Morgan fingerprint density at radius 3 is 2.56 bits per heavy atom. The van der Waals surface area contributed by atoms with Crippen molar-refractivity contribution in [3.63, 3.8) is 0 Å². The lowest BCUT2D eigenvalue weighted by molar-refractivity contribution is 0.475. The highest BCUT2D eigenvalue weighted by Gasteiger charge is 2.20. The maximum Gasteiger partial charge on any atom is 0.151 e. The van der Waals surface area contributed by atoms with Crippen LogP contribution in [0.2, 0.25) is 0 Å². The van der Waals surface area contributed by atoms with Gasteiger partial charge in [-0.15, -0.1) is 0 Å². The van der Waals surface area contributed by atoms with Gasteiger partial charge >= 0.3 is 0 Å². The smallest absolute Gasteiger partial charge is 0.151 e. The zero-order chi connectivity index (χ0) is 11.1. The fourth-order valence-corrected chi connectivity index (χ4v) is 2.05. The second-order valence-electron chi connectivity index (χ2n) is 4.10. The van der Waals surface area contributed by atoms with Gasteiger partial charge in [-0.2, -0.15) is 0 Å². The summed E-state index contributed by atoms with van der Waals surface area (Å²) in [6, 6.07) is 14.4. The molecule has 0 N–H and O–H groups in total. The van der Waals surface area contributed by atoms with Crippen molar-refractivity contribution < 1.29 is 4.74 Å². The normalized spacial score (nSPS) is 12.8. The Labute approximate surface area is 95.1 Å². The van der Waals surface area contributed by atoms with Gasteiger partial charge in [0.2, 0.25) is 0 Å². The summed E-state index contributed by atoms with van der Waals surface area (Å²) in [4.78, 5) is 2.16. The van der Waals surface area contributed by atoms with E-state index in [4.69, 9.17) is 4.74 Å². The highest BCUT2D eigenvalue weighted by atomic mass is 16.5. The molecule has 2 aromatic rings. The Morgan fingerprint density at radius 1 is 0.938 bits per heavy atom. The number of aryl methyl sites for hydroxylation is 1. The van der Waals surface area contributed by atoms with Crippen LogP contribution in [0.1, 0.15) is 5.56 Å². The van der Waals surface area contributed by atoms with Gasteiger partial charge in [-0.05, 0) is 36.8 Å². The summed E-state index contributed by atoms with van der Waals surface area (Å²) in [5.74, 6) is 1.85. The largest absolute Gasteiger partial charge is 0.453 e. The topological polar surface area (TPSA) is 12.5 Å². The minimum absolute atomic E-state index is 0.920. The molecule has 1 heterocycles. The molecule has 1 aliphatic rings. The van der Waals surface area contributed by atoms with E-state index in [9.17, 15) is 0 Å². The Bertz CT molecular complexity index is 548. The van der Waals surface area contributed by atoms with Crippen molar-refractivity contribution in [2.24, 2.45) is 0 Å². The van der Waals surface area contributed by atoms with Gasteiger partial charge in [-0.3, -0.25) is 0 Å². The third-order valence-corrected chi connectivity index (χ3v) is 2.92. The number of ether oxygens (including phenoxy) is 1. The number of benzene rings is 2. The number of fused-ring (bicyclic) bond motifs is 2. The Hall–Kier alpha value is -1.96. The van der Waals surface area contributed by atoms with Crippen molar-refractivity contribution in [2.75, 3.05) is 11.9 Å². The Kier molecular flexibility index (Phi) is 1.90. The summed E-state index contributed by atoms with van der Waals surface area (Å²) in [5, 5.41) is 0. The maximum absolute atomic E-state index is 5.89. The van der Waals surface area contributed by atoms with E-state index in [-0.39, 0.29) is 0 Å². The maximum atomic E-state index is 5.89. The van der Waals surface area contributed by atoms with Crippen LogP contribution in [-0.2, 0) is 0 Å². The summed E-state index contributed by atoms with van der Waals surface area (Å²) in [6.45, 7) is 2.07. The second kappa shape index (κ2) is 3.27. The van der Waals surface area contributed by atoms with Crippen LogP contribution < -0.4 is 9.64 Å². The number of hydrogen-bond donors (Lipinski definition) is 0. The van der Waals surface area contributed by atoms with E-state index < -0.39 is 0 Å². The van der Waals surface area contributed by atoms with Gasteiger partial charge in [0, 0.05) is 7.05 Å². The van der Waals surface area contributed by atoms with Crippen LogP contribution in [0.25, 0.3) is 0 Å². The van der Waals surface area contributed by atoms with Crippen LogP contribution in [0.4, 0.5) is 11.4 Å². The van der Waals surface area contributed by atoms with Gasteiger partial charge in [0.05, 0.1) is 11.4 Å². The molecule has 0 saturated carbocycles. The van der Waals surface area contributed by atoms with Gasteiger partial charge in [-0.25, -0.2) is 0 Å². The molecule has 0 radical (unpaired) electrons. The molecule has 1 aliphatic heterocycles. The number of hydrogen-bond acceptors (Lipinski definition) is 2. The third kappa shape index (κ3) is 1.27. The minimum atomic E-state index is 0.920. The van der Waals surface area contributed by atoms with Gasteiger partial charge < -0.3 is 9.64 Å². The van der Waals surface area contributed by atoms with Gasteiger partial charge in [0.15, 0.2) is 11.5 Å². The predicted octanol–water partition coefficient (Wildman–Crippen LogP) is 3.87. The average molecular weight is 211 g/mol. The van der Waals surface area contributed by atoms with E-state index >= 15 is 0 Å². The van der Waals surface area contributed by atoms with Crippen molar-refractivity contribution >= 4 is 11.4 Å². The molecule has 0 bridgehead atoms. The zero-order valence-electron chi connectivity index (χ0n) is 9.40. The number of anilines is 2. The molecule has 2 aromatic carbocycles. The van der Waals surface area contributed by atoms with E-state index in [1.54, 1.807) is 0 Å². The molecule has 80 valence electrons. The molecule has 2 nitrogen and oxygen atoms in total. The molecule has 0 unspecified atom stereocenters. The molecular weight excluding hydrogens is 198 g/mol. The van der Waals surface area contributed by atoms with Crippen LogP contribution in [-0.4, -0.2) is 7.05 Å². The molecular formula is C14H13NO. The molecule has 16 heavy (non-hydrogen) atoms. The van der Waals surface area contributed by atoms with E-state index in [2.05, 4.69) is 43.1 Å². The van der Waals surface area contributed by atoms with E-state index in [1.807, 2.05) is 18.2 Å². The summed E-state index contributed by atoms with van der Waals surface area (Å²) >= 11 is 0. The van der Waals surface area contributed by atoms with Gasteiger partial charge in [0.25, 0.3) is 0 Å². The zero-order valence-corrected chi connectivity index (χ0v) is 9.40. The van der Waals surface area contributed by atoms with E-state index in [1.165, 1.54) is 5.56 Å². The standard InChI is InChI=1S/C14H13NO/c1-10-7-8-12-14(9-10)16-13-6-4-3-5-11(13)15(12)2/h3-9H,1-2H3. The minimum Gasteiger partial charge on any atom is -0.453 e. The summed E-state index contributed by atoms with van der Waals surface area (Å²) in [5.41, 5.74) is 3.44. The second-order valence-corrected chi connectivity index (χ2v) is 4.10. The van der Waals surface area contributed by atoms with Crippen molar-refractivity contribution in [1.29, 1.82) is 0 Å². The first kappa shape index (κ1) is 9.28. The van der Waals surface area contributed by atoms with E-state index in [0.717, 1.165) is 22.9 Å². The fourth-order valence-electron chi connectivity index (χ4n) is 2.05. The van der Waals surface area contributed by atoms with Crippen LogP contribution in [0, 0.1) is 6.92 Å². The number of rotatable bonds is 0. The molecule has 0 fully saturated rings. The van der Waals surface area contributed by atoms with Crippen molar-refractivity contribution in [3.8, 4) is 11.5 Å². The molecule has 0 aromatic heterocycles. The first-order chi connectivity index (χ1) is 7.75. The number of para-hydroxylation sites is 2. The quantitative estimate of drug-likeness (QED) is 0.656. The van der Waals surface area contributed by atoms with Crippen molar-refractivity contribution in [1.82, 2.24) is 0 Å². The Morgan fingerprint density at radius 2 is 1.69 bits per heavy atom. The lowest BCUT2D eigenvalue weighted by atomic mass is 10.1. The molecule has 3 rings (SSSR count). The highest BCUT2D eigenvalue weighted by molar-refractivity contribution is 5.77. The molecule has 0 spiro atoms. The summed E-state index contributed by atoms with van der Waals surface area (Å²) in [7, 11) is 2.06. The van der Waals surface area contributed by atoms with Gasteiger partial charge in [-0.1, -0.05) is 18.2 Å². The lowest BCUT2D eigenvalue weighted by Gasteiger charge is -2.29. The number of nitrogens with zero attached hydrogens (tertiary/aromatic N) is 1. The predicted molar refractivity (Wildman–Crippen MR) is 65.8 cm³/mol. The van der Waals surface area contributed by atoms with Crippen LogP contribution >= 0.6 is 0 Å².